The van der Waals surface area contributed by atoms with Gasteiger partial charge in [0, 0.05) is 18.7 Å². The zero-order valence-corrected chi connectivity index (χ0v) is 36.5. The van der Waals surface area contributed by atoms with Gasteiger partial charge in [-0.2, -0.15) is 0 Å². The summed E-state index contributed by atoms with van der Waals surface area (Å²) in [5, 5.41) is 3.20. The van der Waals surface area contributed by atoms with Crippen molar-refractivity contribution in [1.82, 2.24) is 10.2 Å². The van der Waals surface area contributed by atoms with Crippen molar-refractivity contribution in [2.45, 2.75) is 58.5 Å². The van der Waals surface area contributed by atoms with Crippen molar-refractivity contribution in [2.24, 2.45) is 0 Å². The highest BCUT2D eigenvalue weighted by atomic mass is 79.9. The van der Waals surface area contributed by atoms with Crippen LogP contribution in [0.5, 0.6) is 23.0 Å². The predicted molar refractivity (Wildman–Crippen MR) is 245 cm³/mol. The van der Waals surface area contributed by atoms with E-state index < -0.39 is 0 Å². The van der Waals surface area contributed by atoms with Crippen molar-refractivity contribution >= 4 is 33.7 Å². The van der Waals surface area contributed by atoms with Gasteiger partial charge in [0.2, 0.25) is 5.91 Å². The highest BCUT2D eigenvalue weighted by Gasteiger charge is 2.28. The Labute approximate surface area is 367 Å². The highest BCUT2D eigenvalue weighted by Crippen LogP contribution is 2.32. The van der Waals surface area contributed by atoms with Gasteiger partial charge in [-0.1, -0.05) is 97.4 Å². The molecular weight excluding hydrogens is 828 g/mol. The summed E-state index contributed by atoms with van der Waals surface area (Å²) < 4.78 is 24.1. The number of likely N-dealkylation sites (tertiary alicyclic amines) is 1. The SMILES string of the molecule is COc1ccc(C(=O)/C=C/c2ccc(OCc3ccc(CNC(=O)C4CCCCN4Cc4ccc(OCc5cccc(-c6ccccc6)c5C)c(Br)c4)cc3)c(OC)c2)cc1. The molecule has 1 aliphatic rings. The zero-order chi connectivity index (χ0) is 42.6. The lowest BCUT2D eigenvalue weighted by Gasteiger charge is -2.34. The minimum Gasteiger partial charge on any atom is -0.497 e. The van der Waals surface area contributed by atoms with Gasteiger partial charge in [-0.05, 0) is 141 Å². The average molecular weight is 880 g/mol. The van der Waals surface area contributed by atoms with E-state index in [-0.39, 0.29) is 17.7 Å². The molecule has 0 radical (unpaired) electrons. The Morgan fingerprint density at radius 3 is 2.23 bits per heavy atom. The number of rotatable bonds is 17. The van der Waals surface area contributed by atoms with Gasteiger partial charge in [-0.15, -0.1) is 0 Å². The van der Waals surface area contributed by atoms with E-state index in [2.05, 4.69) is 87.7 Å². The van der Waals surface area contributed by atoms with Crippen LogP contribution in [0, 0.1) is 6.92 Å². The van der Waals surface area contributed by atoms with E-state index in [0.29, 0.717) is 49.1 Å². The number of carbonyl (C=O) groups excluding carboxylic acids is 2. The fourth-order valence-corrected chi connectivity index (χ4v) is 8.09. The number of benzene rings is 6. The summed E-state index contributed by atoms with van der Waals surface area (Å²) >= 11 is 3.75. The molecule has 8 nitrogen and oxygen atoms in total. The molecule has 7 rings (SSSR count). The van der Waals surface area contributed by atoms with Crippen LogP contribution >= 0.6 is 15.9 Å². The fraction of sp³-hybridized carbons (Fsp3) is 0.231. The average Bonchev–Trinajstić information content (AvgIpc) is 3.30. The van der Waals surface area contributed by atoms with Crippen LogP contribution < -0.4 is 24.3 Å². The van der Waals surface area contributed by atoms with Crippen LogP contribution in [0.2, 0.25) is 0 Å². The minimum atomic E-state index is -0.193. The lowest BCUT2D eigenvalue weighted by atomic mass is 9.97. The molecule has 9 heteroatoms. The number of halogens is 1. The van der Waals surface area contributed by atoms with E-state index in [1.54, 1.807) is 44.6 Å². The van der Waals surface area contributed by atoms with Gasteiger partial charge in [-0.3, -0.25) is 14.5 Å². The first-order valence-electron chi connectivity index (χ1n) is 20.6. The topological polar surface area (TPSA) is 86.3 Å². The largest absolute Gasteiger partial charge is 0.497 e. The number of piperidine rings is 1. The number of ether oxygens (including phenoxy) is 4. The van der Waals surface area contributed by atoms with Gasteiger partial charge in [0.05, 0.1) is 24.7 Å². The summed E-state index contributed by atoms with van der Waals surface area (Å²) in [5.41, 5.74) is 9.29. The van der Waals surface area contributed by atoms with E-state index in [4.69, 9.17) is 18.9 Å². The van der Waals surface area contributed by atoms with Gasteiger partial charge in [0.1, 0.15) is 24.7 Å². The monoisotopic (exact) mass is 878 g/mol. The Bertz CT molecular complexity index is 2450. The smallest absolute Gasteiger partial charge is 0.237 e. The summed E-state index contributed by atoms with van der Waals surface area (Å²) in [6.07, 6.45) is 6.21. The Balaban J connectivity index is 0.883. The molecule has 312 valence electrons. The standard InChI is InChI=1S/C52H51BrN2O6/c1-36-43(12-9-13-45(36)41-10-5-4-6-11-41)35-61-49-27-21-40(30-46(49)53)33-55-29-8-7-14-47(55)52(57)54-32-38-15-17-39(18-16-38)34-60-50-28-20-37(31-51(50)59-3)19-26-48(56)42-22-24-44(58-2)25-23-42/h4-6,9-13,15-28,30-31,47H,7-8,14,29,32-35H2,1-3H3,(H,54,57)/b26-19+. The van der Waals surface area contributed by atoms with E-state index in [0.717, 1.165) is 63.8 Å². The summed E-state index contributed by atoms with van der Waals surface area (Å²) in [7, 11) is 3.19. The summed E-state index contributed by atoms with van der Waals surface area (Å²) in [5.74, 6) is 2.60. The fourth-order valence-electron chi connectivity index (χ4n) is 7.55. The molecule has 1 heterocycles. The van der Waals surface area contributed by atoms with E-state index >= 15 is 0 Å². The van der Waals surface area contributed by atoms with Crippen LogP contribution in [-0.2, 0) is 31.1 Å². The third-order valence-electron chi connectivity index (χ3n) is 11.1. The van der Waals surface area contributed by atoms with Gasteiger partial charge < -0.3 is 24.3 Å². The first-order valence-corrected chi connectivity index (χ1v) is 21.4. The molecule has 0 spiro atoms. The second kappa shape index (κ2) is 20.9. The van der Waals surface area contributed by atoms with Crippen molar-refractivity contribution in [1.29, 1.82) is 0 Å². The third-order valence-corrected chi connectivity index (χ3v) is 11.7. The quantitative estimate of drug-likeness (QED) is 0.0721. The lowest BCUT2D eigenvalue weighted by molar-refractivity contribution is -0.128. The van der Waals surface area contributed by atoms with Crippen molar-refractivity contribution < 1.29 is 28.5 Å². The Morgan fingerprint density at radius 1 is 0.738 bits per heavy atom. The molecule has 6 aromatic rings. The van der Waals surface area contributed by atoms with Crippen LogP contribution in [0.15, 0.2) is 144 Å². The van der Waals surface area contributed by atoms with E-state index in [1.165, 1.54) is 22.8 Å². The normalized spacial score (nSPS) is 14.1. The first-order chi connectivity index (χ1) is 29.8. The molecule has 6 aromatic carbocycles. The third kappa shape index (κ3) is 11.4. The molecule has 1 atom stereocenters. The van der Waals surface area contributed by atoms with Gasteiger partial charge in [0.15, 0.2) is 17.3 Å². The number of methoxy groups -OCH3 is 2. The zero-order valence-electron chi connectivity index (χ0n) is 34.9. The van der Waals surface area contributed by atoms with E-state index in [9.17, 15) is 9.59 Å². The van der Waals surface area contributed by atoms with E-state index in [1.807, 2.05) is 54.6 Å². The second-order valence-electron chi connectivity index (χ2n) is 15.2. The Hall–Kier alpha value is -6.16. The van der Waals surface area contributed by atoms with Crippen LogP contribution in [0.1, 0.15) is 63.0 Å². The predicted octanol–water partition coefficient (Wildman–Crippen LogP) is 11.2. The molecule has 0 bridgehead atoms. The molecule has 0 aliphatic carbocycles. The van der Waals surface area contributed by atoms with Crippen LogP contribution in [-0.4, -0.2) is 43.4 Å². The van der Waals surface area contributed by atoms with Crippen LogP contribution in [0.4, 0.5) is 0 Å². The van der Waals surface area contributed by atoms with Gasteiger partial charge >= 0.3 is 0 Å². The molecule has 1 saturated heterocycles. The Morgan fingerprint density at radius 2 is 1.48 bits per heavy atom. The van der Waals surface area contributed by atoms with Crippen LogP contribution in [0.25, 0.3) is 17.2 Å². The molecule has 0 aromatic heterocycles. The number of nitrogens with zero attached hydrogens (tertiary/aromatic N) is 1. The number of carbonyl (C=O) groups is 2. The summed E-state index contributed by atoms with van der Waals surface area (Å²) in [6.45, 7) is 4.95. The van der Waals surface area contributed by atoms with Crippen molar-refractivity contribution in [3.8, 4) is 34.1 Å². The van der Waals surface area contributed by atoms with Gasteiger partial charge in [-0.25, -0.2) is 0 Å². The molecule has 1 unspecified atom stereocenters. The first kappa shape index (κ1) is 42.9. The maximum absolute atomic E-state index is 13.6. The molecule has 1 N–H and O–H groups in total. The number of amides is 1. The second-order valence-corrected chi connectivity index (χ2v) is 16.0. The van der Waals surface area contributed by atoms with Crippen molar-refractivity contribution in [3.63, 3.8) is 0 Å². The minimum absolute atomic E-state index is 0.0507. The Kier molecular flexibility index (Phi) is 14.7. The molecular formula is C52H51BrN2O6. The molecule has 1 aliphatic heterocycles. The number of hydrogen-bond acceptors (Lipinski definition) is 7. The number of allylic oxidation sites excluding steroid dienone is 1. The molecule has 1 amide bonds. The maximum Gasteiger partial charge on any atom is 0.237 e. The van der Waals surface area contributed by atoms with Crippen molar-refractivity contribution in [2.75, 3.05) is 20.8 Å². The highest BCUT2D eigenvalue weighted by molar-refractivity contribution is 9.10. The molecule has 0 saturated carbocycles. The lowest BCUT2D eigenvalue weighted by Crippen LogP contribution is -2.48. The summed E-state index contributed by atoms with van der Waals surface area (Å²) in [4.78, 5) is 28.5. The maximum atomic E-state index is 13.6. The number of ketones is 1. The number of nitrogens with one attached hydrogen (secondary N) is 1. The number of hydrogen-bond donors (Lipinski definition) is 1. The van der Waals surface area contributed by atoms with Crippen molar-refractivity contribution in [3.05, 3.63) is 183 Å². The summed E-state index contributed by atoms with van der Waals surface area (Å²) in [6, 6.07) is 43.4. The molecule has 61 heavy (non-hydrogen) atoms. The van der Waals surface area contributed by atoms with Crippen LogP contribution in [0.3, 0.4) is 0 Å². The van der Waals surface area contributed by atoms with Gasteiger partial charge in [0.25, 0.3) is 0 Å². The molecule has 1 fully saturated rings.